The summed E-state index contributed by atoms with van der Waals surface area (Å²) < 4.78 is 28.4. The van der Waals surface area contributed by atoms with E-state index in [1.807, 2.05) is 91.0 Å². The highest BCUT2D eigenvalue weighted by Crippen LogP contribution is 2.38. The Hall–Kier alpha value is -3.00. The first-order chi connectivity index (χ1) is 14.4. The maximum atomic E-state index is 12.5. The number of carbonyl (C=O) groups excluding carboxylic acids is 1. The van der Waals surface area contributed by atoms with Crippen LogP contribution in [0.3, 0.4) is 0 Å². The first-order valence-corrected chi connectivity index (χ1v) is 11.3. The van der Waals surface area contributed by atoms with Crippen molar-refractivity contribution in [1.29, 1.82) is 0 Å². The fraction of sp³-hybridized carbons (Fsp3) is 0.174. The zero-order valence-electron chi connectivity index (χ0n) is 16.4. The summed E-state index contributed by atoms with van der Waals surface area (Å²) in [5.41, 5.74) is 1.85. The molecule has 1 amide bonds. The van der Waals surface area contributed by atoms with Crippen molar-refractivity contribution in [3.8, 4) is 0 Å². The molecule has 2 atom stereocenters. The van der Waals surface area contributed by atoms with Crippen molar-refractivity contribution >= 4 is 16.0 Å². The highest BCUT2D eigenvalue weighted by molar-refractivity contribution is 7.86. The molecule has 2 N–H and O–H groups in total. The highest BCUT2D eigenvalue weighted by Gasteiger charge is 2.48. The first-order valence-electron chi connectivity index (χ1n) is 9.53. The number of amides is 1. The summed E-state index contributed by atoms with van der Waals surface area (Å²) in [5.74, 6) is -0.323. The third-order valence-corrected chi connectivity index (χ3v) is 5.70. The summed E-state index contributed by atoms with van der Waals surface area (Å²) in [6.07, 6.45) is -0.0177. The average Bonchev–Trinajstić information content (AvgIpc) is 2.75. The molecular weight excluding hydrogens is 400 g/mol. The van der Waals surface area contributed by atoms with E-state index in [-0.39, 0.29) is 5.91 Å². The van der Waals surface area contributed by atoms with Crippen molar-refractivity contribution in [2.45, 2.75) is 17.8 Å². The largest absolute Gasteiger partial charge is 0.326 e. The highest BCUT2D eigenvalue weighted by atomic mass is 32.2. The molecule has 1 fully saturated rings. The Morgan fingerprint density at radius 1 is 0.800 bits per heavy atom. The van der Waals surface area contributed by atoms with Gasteiger partial charge in [-0.2, -0.15) is 8.42 Å². The molecule has 0 spiro atoms. The predicted octanol–water partition coefficient (Wildman–Crippen LogP) is 2.37. The number of nitrogens with one attached hydrogen (secondary N) is 2. The molecule has 1 heterocycles. The van der Waals surface area contributed by atoms with Crippen molar-refractivity contribution in [3.05, 3.63) is 108 Å². The lowest BCUT2D eigenvalue weighted by molar-refractivity contribution is -0.139. The van der Waals surface area contributed by atoms with Gasteiger partial charge >= 0.3 is 0 Å². The molecule has 0 aromatic heterocycles. The van der Waals surface area contributed by atoms with E-state index in [4.69, 9.17) is 4.18 Å². The molecule has 6 nitrogen and oxygen atoms in total. The minimum absolute atomic E-state index is 0.323. The SMILES string of the molecule is CS(=O)(=O)O[C@H]1NC(=O)[C@@H]1NC(c1ccccc1)(c1ccccc1)c1ccccc1. The van der Waals surface area contributed by atoms with Gasteiger partial charge in [0, 0.05) is 0 Å². The van der Waals surface area contributed by atoms with Gasteiger partial charge in [0.2, 0.25) is 5.91 Å². The van der Waals surface area contributed by atoms with Crippen molar-refractivity contribution in [2.75, 3.05) is 6.26 Å². The monoisotopic (exact) mass is 422 g/mol. The Bertz CT molecular complexity index is 1020. The number of benzene rings is 3. The van der Waals surface area contributed by atoms with Crippen LogP contribution in [0.25, 0.3) is 0 Å². The third-order valence-electron chi connectivity index (χ3n) is 5.14. The summed E-state index contributed by atoms with van der Waals surface area (Å²) in [7, 11) is -3.74. The number of hydrogen-bond donors (Lipinski definition) is 2. The van der Waals surface area contributed by atoms with Gasteiger partial charge < -0.3 is 5.32 Å². The van der Waals surface area contributed by atoms with Gasteiger partial charge in [0.25, 0.3) is 10.1 Å². The molecule has 3 aromatic carbocycles. The van der Waals surface area contributed by atoms with Crippen LogP contribution in [0, 0.1) is 0 Å². The third kappa shape index (κ3) is 3.87. The van der Waals surface area contributed by atoms with Crippen LogP contribution in [-0.2, 0) is 24.6 Å². The maximum Gasteiger partial charge on any atom is 0.266 e. The molecule has 3 aromatic rings. The van der Waals surface area contributed by atoms with Crippen LogP contribution in [0.1, 0.15) is 16.7 Å². The van der Waals surface area contributed by atoms with Crippen LogP contribution in [0.2, 0.25) is 0 Å². The van der Waals surface area contributed by atoms with Crippen molar-refractivity contribution in [2.24, 2.45) is 0 Å². The summed E-state index contributed by atoms with van der Waals surface area (Å²) in [4.78, 5) is 12.5. The fourth-order valence-electron chi connectivity index (χ4n) is 3.81. The normalized spacial score (nSPS) is 19.0. The summed E-state index contributed by atoms with van der Waals surface area (Å²) in [5, 5.41) is 5.96. The van der Waals surface area contributed by atoms with Crippen LogP contribution in [0.4, 0.5) is 0 Å². The predicted molar refractivity (Wildman–Crippen MR) is 114 cm³/mol. The second-order valence-electron chi connectivity index (χ2n) is 7.20. The first kappa shape index (κ1) is 20.3. The van der Waals surface area contributed by atoms with Gasteiger partial charge in [-0.1, -0.05) is 91.0 Å². The van der Waals surface area contributed by atoms with Crippen molar-refractivity contribution in [3.63, 3.8) is 0 Å². The fourth-order valence-corrected chi connectivity index (χ4v) is 4.35. The minimum Gasteiger partial charge on any atom is -0.326 e. The lowest BCUT2D eigenvalue weighted by Crippen LogP contribution is -2.72. The molecular formula is C23H22N2O4S. The van der Waals surface area contributed by atoms with Crippen LogP contribution < -0.4 is 10.6 Å². The Balaban J connectivity index is 1.88. The number of β-lactam (4-membered cyclic amide) rings is 1. The number of rotatable bonds is 7. The topological polar surface area (TPSA) is 84.5 Å². The van der Waals surface area contributed by atoms with E-state index >= 15 is 0 Å². The van der Waals surface area contributed by atoms with Gasteiger partial charge in [0.15, 0.2) is 6.23 Å². The van der Waals surface area contributed by atoms with Gasteiger partial charge in [-0.15, -0.1) is 0 Å². The van der Waals surface area contributed by atoms with E-state index in [1.165, 1.54) is 0 Å². The smallest absolute Gasteiger partial charge is 0.266 e. The average molecular weight is 423 g/mol. The Labute approximate surface area is 176 Å². The number of hydrogen-bond acceptors (Lipinski definition) is 5. The van der Waals surface area contributed by atoms with E-state index < -0.39 is 27.9 Å². The molecule has 0 saturated carbocycles. The molecule has 7 heteroatoms. The van der Waals surface area contributed by atoms with E-state index in [0.29, 0.717) is 0 Å². The minimum atomic E-state index is -3.74. The quantitative estimate of drug-likeness (QED) is 0.347. The molecule has 1 aliphatic rings. The molecule has 0 unspecified atom stereocenters. The van der Waals surface area contributed by atoms with E-state index in [2.05, 4.69) is 10.6 Å². The summed E-state index contributed by atoms with van der Waals surface area (Å²) in [6.45, 7) is 0. The van der Waals surface area contributed by atoms with E-state index in [0.717, 1.165) is 22.9 Å². The van der Waals surface area contributed by atoms with Gasteiger partial charge in [0.05, 0.1) is 11.8 Å². The zero-order valence-corrected chi connectivity index (χ0v) is 17.2. The van der Waals surface area contributed by atoms with Gasteiger partial charge in [0.1, 0.15) is 6.04 Å². The van der Waals surface area contributed by atoms with E-state index in [1.54, 1.807) is 0 Å². The molecule has 0 bridgehead atoms. The molecule has 154 valence electrons. The van der Waals surface area contributed by atoms with Gasteiger partial charge in [-0.3, -0.25) is 10.1 Å². The van der Waals surface area contributed by atoms with Crippen molar-refractivity contribution < 1.29 is 17.4 Å². The van der Waals surface area contributed by atoms with Crippen LogP contribution in [-0.4, -0.2) is 32.9 Å². The molecule has 1 saturated heterocycles. The van der Waals surface area contributed by atoms with Gasteiger partial charge in [-0.25, -0.2) is 4.18 Å². The van der Waals surface area contributed by atoms with E-state index in [9.17, 15) is 13.2 Å². The lowest BCUT2D eigenvalue weighted by atomic mass is 9.76. The standard InChI is InChI=1S/C23H22N2O4S/c1-30(27,28)29-22-20(21(26)24-22)25-23(17-11-5-2-6-12-17,18-13-7-3-8-14-18)19-15-9-4-10-16-19/h2-16,20,22,25H,1H3,(H,24,26)/t20-,22+/m0/s1. The van der Waals surface area contributed by atoms with Crippen LogP contribution in [0.5, 0.6) is 0 Å². The Morgan fingerprint density at radius 3 is 1.53 bits per heavy atom. The van der Waals surface area contributed by atoms with Crippen LogP contribution in [0.15, 0.2) is 91.0 Å². The molecule has 0 radical (unpaired) electrons. The summed E-state index contributed by atoms with van der Waals surface area (Å²) >= 11 is 0. The number of carbonyl (C=O) groups is 1. The molecule has 4 rings (SSSR count). The summed E-state index contributed by atoms with van der Waals surface area (Å²) in [6, 6.07) is 28.4. The van der Waals surface area contributed by atoms with Crippen LogP contribution >= 0.6 is 0 Å². The maximum absolute atomic E-state index is 12.5. The molecule has 0 aliphatic carbocycles. The Kier molecular flexibility index (Phi) is 5.42. The van der Waals surface area contributed by atoms with Gasteiger partial charge in [-0.05, 0) is 16.7 Å². The Morgan fingerprint density at radius 2 is 1.20 bits per heavy atom. The second-order valence-corrected chi connectivity index (χ2v) is 8.80. The molecule has 30 heavy (non-hydrogen) atoms. The van der Waals surface area contributed by atoms with Crippen molar-refractivity contribution in [1.82, 2.24) is 10.6 Å². The molecule has 1 aliphatic heterocycles. The lowest BCUT2D eigenvalue weighted by Gasteiger charge is -2.45. The second kappa shape index (κ2) is 8.02. The zero-order chi connectivity index (χ0) is 21.2.